The normalized spacial score (nSPS) is 26.7. The second-order valence-corrected chi connectivity index (χ2v) is 21.6. The average Bonchev–Trinajstić information content (AvgIpc) is 3.71. The van der Waals surface area contributed by atoms with Crippen molar-refractivity contribution in [3.05, 3.63) is 37.4 Å². The Labute approximate surface area is 408 Å². The smallest absolute Gasteiger partial charge is 0.330 e. The fourth-order valence-corrected chi connectivity index (χ4v) is 13.6. The lowest BCUT2D eigenvalue weighted by molar-refractivity contribution is -0.151. The molecule has 4 unspecified atom stereocenters. The monoisotopic (exact) mass is 974 g/mol. The van der Waals surface area contributed by atoms with Crippen LogP contribution in [0.3, 0.4) is 0 Å². The summed E-state index contributed by atoms with van der Waals surface area (Å²) in [6.45, 7) is 7.85. The van der Waals surface area contributed by atoms with E-state index in [-0.39, 0.29) is 66.2 Å². The van der Waals surface area contributed by atoms with Crippen molar-refractivity contribution in [2.45, 2.75) is 149 Å². The van der Waals surface area contributed by atoms with E-state index in [0.717, 1.165) is 95.6 Å². The van der Waals surface area contributed by atoms with E-state index < -0.39 is 22.4 Å². The van der Waals surface area contributed by atoms with Gasteiger partial charge in [0.2, 0.25) is 0 Å². The first-order chi connectivity index (χ1) is 33.0. The molecule has 0 radical (unpaired) electrons. The molecule has 4 saturated carbocycles. The van der Waals surface area contributed by atoms with Crippen molar-refractivity contribution in [3.8, 4) is 23.6 Å². The molecule has 0 N–H and O–H groups in total. The van der Waals surface area contributed by atoms with Crippen molar-refractivity contribution in [2.75, 3.05) is 26.4 Å². The molecule has 14 nitrogen and oxygen atoms in total. The number of hydrogen-bond acceptors (Lipinski definition) is 16. The highest BCUT2D eigenvalue weighted by Crippen LogP contribution is 2.58. The summed E-state index contributed by atoms with van der Waals surface area (Å²) in [5.74, 6) is -2.33. The second-order valence-electron chi connectivity index (χ2n) is 19.0. The lowest BCUT2D eigenvalue weighted by Crippen LogP contribution is -2.32. The third-order valence-electron chi connectivity index (χ3n) is 14.7. The number of nitrogens with zero attached hydrogens (tertiary/aromatic N) is 2. The summed E-state index contributed by atoms with van der Waals surface area (Å²) < 4.78 is 32.8. The van der Waals surface area contributed by atoms with Crippen LogP contribution >= 0.6 is 23.5 Å². The quantitative estimate of drug-likeness (QED) is 0.0392. The number of rotatable bonds is 20. The average molecular weight is 975 g/mol. The zero-order chi connectivity index (χ0) is 48.5. The van der Waals surface area contributed by atoms with Crippen LogP contribution in [-0.2, 0) is 47.7 Å². The first kappa shape index (κ1) is 52.6. The molecule has 1 heterocycles. The molecule has 1 spiro atoms. The molecule has 0 bridgehead atoms. The molecule has 0 saturated heterocycles. The molecule has 0 amide bonds. The number of esters is 6. The number of nitriles is 2. The van der Waals surface area contributed by atoms with Gasteiger partial charge in [-0.3, -0.25) is 19.2 Å². The maximum absolute atomic E-state index is 13.9. The summed E-state index contributed by atoms with van der Waals surface area (Å²) in [4.78, 5) is 77.0. The fourth-order valence-electron chi connectivity index (χ4n) is 10.7. The van der Waals surface area contributed by atoms with Gasteiger partial charge in [0.15, 0.2) is 5.92 Å². The minimum absolute atomic E-state index is 0.0680. The van der Waals surface area contributed by atoms with Crippen LogP contribution in [-0.4, -0.2) is 66.8 Å². The molecule has 368 valence electrons. The Balaban J connectivity index is 0.981. The Morgan fingerprint density at radius 2 is 1.03 bits per heavy atom. The molecule has 5 aliphatic rings. The molecule has 4 atom stereocenters. The number of carbonyl (C=O) groups is 6. The number of fused-ring (bicyclic) bond motifs is 1. The van der Waals surface area contributed by atoms with Gasteiger partial charge in [-0.25, -0.2) is 9.59 Å². The minimum atomic E-state index is -0.947. The van der Waals surface area contributed by atoms with Gasteiger partial charge in [-0.1, -0.05) is 32.4 Å². The summed E-state index contributed by atoms with van der Waals surface area (Å²) >= 11 is 2.58. The van der Waals surface area contributed by atoms with Gasteiger partial charge in [0.05, 0.1) is 76.6 Å². The van der Waals surface area contributed by atoms with Crippen LogP contribution in [0.2, 0.25) is 0 Å². The van der Waals surface area contributed by atoms with Crippen LogP contribution in [0.4, 0.5) is 0 Å². The highest BCUT2D eigenvalue weighted by molar-refractivity contribution is 8.19. The van der Waals surface area contributed by atoms with Crippen molar-refractivity contribution in [3.63, 3.8) is 0 Å². The molecule has 4 aliphatic carbocycles. The maximum atomic E-state index is 13.9. The molecular weight excluding hydrogens is 909 g/mol. The van der Waals surface area contributed by atoms with Crippen LogP contribution in [0.5, 0.6) is 11.5 Å². The molecular formula is C52H66N2O12S2. The number of ether oxygens (including phenoxy) is 6. The van der Waals surface area contributed by atoms with Crippen LogP contribution in [0.25, 0.3) is 0 Å². The van der Waals surface area contributed by atoms with Crippen molar-refractivity contribution in [1.29, 1.82) is 10.5 Å². The van der Waals surface area contributed by atoms with E-state index in [2.05, 4.69) is 25.3 Å². The van der Waals surface area contributed by atoms with Gasteiger partial charge in [0.25, 0.3) is 0 Å². The van der Waals surface area contributed by atoms with E-state index in [4.69, 9.17) is 28.4 Å². The van der Waals surface area contributed by atoms with Gasteiger partial charge in [-0.2, -0.15) is 10.5 Å². The Morgan fingerprint density at radius 3 is 1.53 bits per heavy atom. The molecule has 16 heteroatoms. The lowest BCUT2D eigenvalue weighted by atomic mass is 9.66. The van der Waals surface area contributed by atoms with Crippen LogP contribution in [0.1, 0.15) is 135 Å². The van der Waals surface area contributed by atoms with Gasteiger partial charge >= 0.3 is 35.8 Å². The van der Waals surface area contributed by atoms with Crippen molar-refractivity contribution < 1.29 is 57.2 Å². The summed E-state index contributed by atoms with van der Waals surface area (Å²) in [5.41, 5.74) is 0.0680. The fraction of sp³-hybridized carbons (Fsp3) is 0.654. The van der Waals surface area contributed by atoms with Gasteiger partial charge in [-0.05, 0) is 145 Å². The number of benzene rings is 1. The van der Waals surface area contributed by atoms with Gasteiger partial charge in [0.1, 0.15) is 11.5 Å². The Hall–Kier alpha value is -4.80. The molecule has 6 rings (SSSR count). The SMILES string of the molecule is C=CC(=O)OCCCCOC(=O)C1CCC(C2CCCC(C(=O)Oc3ccc(OC(=O)C4CCCC5(CCC(C(=O)OCCCCOC(=O)C=C)CC5)CC4)c4c3SC(C(C#N)C#N)S4)C2)CC1. The first-order valence-corrected chi connectivity index (χ1v) is 26.4. The number of unbranched alkanes of at least 4 members (excludes halogenated alkanes) is 2. The Bertz CT molecular complexity index is 2000. The predicted octanol–water partition coefficient (Wildman–Crippen LogP) is 10.2. The zero-order valence-electron chi connectivity index (χ0n) is 39.1. The standard InChI is InChI=1S/C52H66N2O12S2/c1-3-43(55)61-27-5-7-29-63-47(57)36-16-14-34(15-17-36)38-11-9-12-39(31-38)50(60)66-42-19-18-41(45-46(42)68-51(67-45)40(32-53)33-54)65-49(59)35-13-10-23-52(24-20-35)25-21-37(22-26-52)48(58)64-30-8-6-28-62-44(56)4-2/h3-4,18-19,34-40,51H,1-2,5-17,20-31H2. The third kappa shape index (κ3) is 14.6. The van der Waals surface area contributed by atoms with Crippen molar-refractivity contribution in [1.82, 2.24) is 0 Å². The second kappa shape index (κ2) is 26.3. The zero-order valence-corrected chi connectivity index (χ0v) is 40.8. The van der Waals surface area contributed by atoms with E-state index >= 15 is 0 Å². The third-order valence-corrected chi connectivity index (χ3v) is 17.7. The molecule has 68 heavy (non-hydrogen) atoms. The first-order valence-electron chi connectivity index (χ1n) is 24.6. The van der Waals surface area contributed by atoms with E-state index in [1.54, 1.807) is 12.1 Å². The molecule has 4 fully saturated rings. The molecule has 1 aromatic carbocycles. The van der Waals surface area contributed by atoms with Crippen LogP contribution < -0.4 is 9.47 Å². The summed E-state index contributed by atoms with van der Waals surface area (Å²) in [6, 6.07) is 7.48. The number of carbonyl (C=O) groups excluding carboxylic acids is 6. The minimum Gasteiger partial charge on any atom is -0.465 e. The summed E-state index contributed by atoms with van der Waals surface area (Å²) in [6.07, 6.45) is 18.7. The highest BCUT2D eigenvalue weighted by atomic mass is 32.2. The van der Waals surface area contributed by atoms with E-state index in [0.29, 0.717) is 97.7 Å². The van der Waals surface area contributed by atoms with Gasteiger partial charge < -0.3 is 28.4 Å². The predicted molar refractivity (Wildman–Crippen MR) is 252 cm³/mol. The Morgan fingerprint density at radius 1 is 0.574 bits per heavy atom. The van der Waals surface area contributed by atoms with Crippen molar-refractivity contribution >= 4 is 59.3 Å². The topological polar surface area (TPSA) is 205 Å². The van der Waals surface area contributed by atoms with Crippen LogP contribution in [0.15, 0.2) is 47.2 Å². The molecule has 0 aromatic heterocycles. The number of thioether (sulfide) groups is 2. The molecule has 1 aliphatic heterocycles. The number of hydrogen-bond donors (Lipinski definition) is 0. The van der Waals surface area contributed by atoms with Crippen molar-refractivity contribution in [2.24, 2.45) is 46.8 Å². The van der Waals surface area contributed by atoms with E-state index in [1.807, 2.05) is 0 Å². The van der Waals surface area contributed by atoms with E-state index in [9.17, 15) is 39.3 Å². The summed E-state index contributed by atoms with van der Waals surface area (Å²) in [5, 5.41) is 19.6. The van der Waals surface area contributed by atoms with E-state index in [1.165, 1.54) is 23.5 Å². The van der Waals surface area contributed by atoms with Crippen LogP contribution in [0, 0.1) is 69.5 Å². The lowest BCUT2D eigenvalue weighted by Gasteiger charge is -2.39. The highest BCUT2D eigenvalue weighted by Gasteiger charge is 2.42. The maximum Gasteiger partial charge on any atom is 0.330 e. The van der Waals surface area contributed by atoms with Gasteiger partial charge in [-0.15, -0.1) is 23.5 Å². The summed E-state index contributed by atoms with van der Waals surface area (Å²) in [7, 11) is 0. The van der Waals surface area contributed by atoms with Gasteiger partial charge in [0, 0.05) is 12.2 Å². The Kier molecular flexibility index (Phi) is 20.3. The molecule has 1 aromatic rings. The largest absolute Gasteiger partial charge is 0.465 e.